The molecule has 0 aliphatic carbocycles. The minimum atomic E-state index is 0.231. The van der Waals surface area contributed by atoms with Crippen molar-refractivity contribution in [2.24, 2.45) is 5.92 Å². The lowest BCUT2D eigenvalue weighted by Crippen LogP contribution is -2.30. The van der Waals surface area contributed by atoms with Crippen LogP contribution in [-0.4, -0.2) is 34.5 Å². The number of hydrogen-bond acceptors (Lipinski definition) is 4. The molecule has 1 aliphatic rings. The van der Waals surface area contributed by atoms with E-state index in [0.29, 0.717) is 5.92 Å². The van der Waals surface area contributed by atoms with Gasteiger partial charge in [-0.25, -0.2) is 0 Å². The van der Waals surface area contributed by atoms with Gasteiger partial charge in [-0.05, 0) is 37.9 Å². The van der Waals surface area contributed by atoms with Crippen molar-refractivity contribution >= 4 is 0 Å². The SMILES string of the molecule is CNC(c1c(OC)cccc1OC)C1CCOCC1. The van der Waals surface area contributed by atoms with Crippen LogP contribution in [0.25, 0.3) is 0 Å². The maximum absolute atomic E-state index is 5.51. The fourth-order valence-corrected chi connectivity index (χ4v) is 2.85. The summed E-state index contributed by atoms with van der Waals surface area (Å²) < 4.78 is 16.5. The molecule has 1 atom stereocenters. The topological polar surface area (TPSA) is 39.7 Å². The summed E-state index contributed by atoms with van der Waals surface area (Å²) in [7, 11) is 5.40. The zero-order valence-electron chi connectivity index (χ0n) is 11.9. The van der Waals surface area contributed by atoms with E-state index >= 15 is 0 Å². The van der Waals surface area contributed by atoms with Crippen LogP contribution in [-0.2, 0) is 4.74 Å². The first kappa shape index (κ1) is 14.2. The van der Waals surface area contributed by atoms with Gasteiger partial charge in [-0.2, -0.15) is 0 Å². The molecule has 0 spiro atoms. The molecule has 1 aromatic rings. The summed E-state index contributed by atoms with van der Waals surface area (Å²) in [6.07, 6.45) is 2.12. The number of benzene rings is 1. The van der Waals surface area contributed by atoms with Crippen molar-refractivity contribution in [1.29, 1.82) is 0 Å². The van der Waals surface area contributed by atoms with Crippen molar-refractivity contribution in [3.8, 4) is 11.5 Å². The van der Waals surface area contributed by atoms with Crippen molar-refractivity contribution in [1.82, 2.24) is 5.32 Å². The number of methoxy groups -OCH3 is 2. The monoisotopic (exact) mass is 265 g/mol. The second-order valence-electron chi connectivity index (χ2n) is 4.79. The highest BCUT2D eigenvalue weighted by molar-refractivity contribution is 5.47. The van der Waals surface area contributed by atoms with Crippen LogP contribution in [0.15, 0.2) is 18.2 Å². The van der Waals surface area contributed by atoms with E-state index in [1.54, 1.807) is 14.2 Å². The van der Waals surface area contributed by atoms with Gasteiger partial charge in [0.15, 0.2) is 0 Å². The molecule has 19 heavy (non-hydrogen) atoms. The smallest absolute Gasteiger partial charge is 0.127 e. The fourth-order valence-electron chi connectivity index (χ4n) is 2.85. The Kier molecular flexibility index (Phi) is 5.05. The molecule has 4 heteroatoms. The Morgan fingerprint density at radius 1 is 1.16 bits per heavy atom. The average Bonchev–Trinajstić information content (AvgIpc) is 2.49. The van der Waals surface area contributed by atoms with E-state index in [2.05, 4.69) is 5.32 Å². The Labute approximate surface area is 115 Å². The molecule has 2 rings (SSSR count). The molecule has 106 valence electrons. The highest BCUT2D eigenvalue weighted by atomic mass is 16.5. The van der Waals surface area contributed by atoms with E-state index in [9.17, 15) is 0 Å². The van der Waals surface area contributed by atoms with Crippen LogP contribution in [0.3, 0.4) is 0 Å². The molecule has 1 unspecified atom stereocenters. The third-order valence-electron chi connectivity index (χ3n) is 3.83. The number of nitrogens with one attached hydrogen (secondary N) is 1. The van der Waals surface area contributed by atoms with Gasteiger partial charge in [0, 0.05) is 19.3 Å². The molecule has 0 aromatic heterocycles. The molecule has 1 fully saturated rings. The number of rotatable bonds is 5. The molecular formula is C15H23NO3. The van der Waals surface area contributed by atoms with E-state index in [1.165, 1.54) is 0 Å². The molecule has 1 aliphatic heterocycles. The van der Waals surface area contributed by atoms with E-state index in [0.717, 1.165) is 43.1 Å². The first-order chi connectivity index (χ1) is 9.31. The highest BCUT2D eigenvalue weighted by Gasteiger charge is 2.28. The molecular weight excluding hydrogens is 242 g/mol. The van der Waals surface area contributed by atoms with Crippen molar-refractivity contribution < 1.29 is 14.2 Å². The lowest BCUT2D eigenvalue weighted by Gasteiger charge is -2.32. The Morgan fingerprint density at radius 3 is 2.21 bits per heavy atom. The van der Waals surface area contributed by atoms with Gasteiger partial charge in [0.05, 0.1) is 19.8 Å². The highest BCUT2D eigenvalue weighted by Crippen LogP contribution is 2.40. The average molecular weight is 265 g/mol. The Morgan fingerprint density at radius 2 is 1.74 bits per heavy atom. The number of hydrogen-bond donors (Lipinski definition) is 1. The molecule has 1 N–H and O–H groups in total. The minimum absolute atomic E-state index is 0.231. The van der Waals surface area contributed by atoms with Crippen molar-refractivity contribution in [2.45, 2.75) is 18.9 Å². The summed E-state index contributed by atoms with van der Waals surface area (Å²) in [5.41, 5.74) is 1.11. The predicted molar refractivity (Wildman–Crippen MR) is 74.9 cm³/mol. The summed E-state index contributed by atoms with van der Waals surface area (Å²) in [4.78, 5) is 0. The largest absolute Gasteiger partial charge is 0.496 e. The van der Waals surface area contributed by atoms with E-state index < -0.39 is 0 Å². The van der Waals surface area contributed by atoms with Crippen LogP contribution in [0.5, 0.6) is 11.5 Å². The quantitative estimate of drug-likeness (QED) is 0.887. The number of ether oxygens (including phenoxy) is 3. The van der Waals surface area contributed by atoms with Crippen LogP contribution < -0.4 is 14.8 Å². The van der Waals surface area contributed by atoms with Gasteiger partial charge < -0.3 is 19.5 Å². The lowest BCUT2D eigenvalue weighted by molar-refractivity contribution is 0.0539. The van der Waals surface area contributed by atoms with Crippen LogP contribution in [0.4, 0.5) is 0 Å². The molecule has 0 saturated carbocycles. The van der Waals surface area contributed by atoms with E-state index in [-0.39, 0.29) is 6.04 Å². The Balaban J connectivity index is 2.35. The lowest BCUT2D eigenvalue weighted by atomic mass is 9.86. The molecule has 1 saturated heterocycles. The molecule has 0 bridgehead atoms. The van der Waals surface area contributed by atoms with Gasteiger partial charge in [-0.3, -0.25) is 0 Å². The van der Waals surface area contributed by atoms with Crippen LogP contribution in [0, 0.1) is 5.92 Å². The summed E-state index contributed by atoms with van der Waals surface area (Å²) in [6, 6.07) is 6.16. The van der Waals surface area contributed by atoms with Gasteiger partial charge in [-0.15, -0.1) is 0 Å². The predicted octanol–water partition coefficient (Wildman–Crippen LogP) is 2.39. The van der Waals surface area contributed by atoms with Crippen molar-refractivity contribution in [3.05, 3.63) is 23.8 Å². The standard InChI is InChI=1S/C15H23NO3/c1-16-15(11-7-9-19-10-8-11)14-12(17-2)5-4-6-13(14)18-3/h4-6,11,15-16H,7-10H2,1-3H3. The minimum Gasteiger partial charge on any atom is -0.496 e. The third-order valence-corrected chi connectivity index (χ3v) is 3.83. The molecule has 1 aromatic carbocycles. The van der Waals surface area contributed by atoms with Gasteiger partial charge >= 0.3 is 0 Å². The zero-order chi connectivity index (χ0) is 13.7. The van der Waals surface area contributed by atoms with Gasteiger partial charge in [0.25, 0.3) is 0 Å². The Hall–Kier alpha value is -1.26. The summed E-state index contributed by atoms with van der Waals surface area (Å²) in [6.45, 7) is 1.67. The van der Waals surface area contributed by atoms with Gasteiger partial charge in [0.1, 0.15) is 11.5 Å². The zero-order valence-corrected chi connectivity index (χ0v) is 11.9. The maximum Gasteiger partial charge on any atom is 0.127 e. The second kappa shape index (κ2) is 6.78. The third kappa shape index (κ3) is 3.01. The Bertz CT molecular complexity index is 380. The van der Waals surface area contributed by atoms with Crippen molar-refractivity contribution in [3.63, 3.8) is 0 Å². The summed E-state index contributed by atoms with van der Waals surface area (Å²) in [5.74, 6) is 2.30. The molecule has 0 radical (unpaired) electrons. The maximum atomic E-state index is 5.51. The van der Waals surface area contributed by atoms with Crippen molar-refractivity contribution in [2.75, 3.05) is 34.5 Å². The van der Waals surface area contributed by atoms with E-state index in [4.69, 9.17) is 14.2 Å². The first-order valence-corrected chi connectivity index (χ1v) is 6.77. The first-order valence-electron chi connectivity index (χ1n) is 6.77. The molecule has 1 heterocycles. The molecule has 0 amide bonds. The molecule has 4 nitrogen and oxygen atoms in total. The summed E-state index contributed by atoms with van der Waals surface area (Å²) >= 11 is 0. The van der Waals surface area contributed by atoms with Crippen LogP contribution in [0.1, 0.15) is 24.4 Å². The normalized spacial score (nSPS) is 18.1. The van der Waals surface area contributed by atoms with E-state index in [1.807, 2.05) is 25.2 Å². The van der Waals surface area contributed by atoms with Crippen LogP contribution in [0.2, 0.25) is 0 Å². The van der Waals surface area contributed by atoms with Gasteiger partial charge in [-0.1, -0.05) is 6.07 Å². The van der Waals surface area contributed by atoms with Gasteiger partial charge in [0.2, 0.25) is 0 Å². The summed E-state index contributed by atoms with van der Waals surface area (Å²) in [5, 5.41) is 3.42. The second-order valence-corrected chi connectivity index (χ2v) is 4.79. The van der Waals surface area contributed by atoms with Crippen LogP contribution >= 0.6 is 0 Å². The fraction of sp³-hybridized carbons (Fsp3) is 0.600.